The summed E-state index contributed by atoms with van der Waals surface area (Å²) in [6, 6.07) is 4.25. The van der Waals surface area contributed by atoms with E-state index >= 15 is 0 Å². The molecule has 17 heavy (non-hydrogen) atoms. The van der Waals surface area contributed by atoms with E-state index in [2.05, 4.69) is 42.3 Å². The molecule has 1 rings (SSSR count). The van der Waals surface area contributed by atoms with Gasteiger partial charge in [-0.2, -0.15) is 0 Å². The normalized spacial score (nSPS) is 12.8. The van der Waals surface area contributed by atoms with Crippen molar-refractivity contribution >= 4 is 0 Å². The van der Waals surface area contributed by atoms with Gasteiger partial charge < -0.3 is 15.0 Å². The van der Waals surface area contributed by atoms with Gasteiger partial charge in [0.25, 0.3) is 0 Å². The van der Waals surface area contributed by atoms with Crippen LogP contribution in [-0.4, -0.2) is 44.2 Å². The summed E-state index contributed by atoms with van der Waals surface area (Å²) in [7, 11) is 6.07. The van der Waals surface area contributed by atoms with Gasteiger partial charge in [0.2, 0.25) is 5.88 Å². The third kappa shape index (κ3) is 4.71. The Morgan fingerprint density at radius 2 is 2.24 bits per heavy atom. The summed E-state index contributed by atoms with van der Waals surface area (Å²) in [5.41, 5.74) is 1.11. The standard InChI is InChI=1S/C13H23N3O/c1-11(14-2)12-7-5-8-15-13(12)17-10-6-9-16(3)4/h5,7-8,11,14H,6,9-10H2,1-4H3. The van der Waals surface area contributed by atoms with Crippen molar-refractivity contribution in [1.82, 2.24) is 15.2 Å². The molecule has 4 nitrogen and oxygen atoms in total. The fourth-order valence-electron chi connectivity index (χ4n) is 1.56. The van der Waals surface area contributed by atoms with Crippen LogP contribution in [0.3, 0.4) is 0 Å². The molecular weight excluding hydrogens is 214 g/mol. The topological polar surface area (TPSA) is 37.4 Å². The third-order valence-corrected chi connectivity index (χ3v) is 2.69. The van der Waals surface area contributed by atoms with Gasteiger partial charge in [-0.1, -0.05) is 6.07 Å². The number of nitrogens with one attached hydrogen (secondary N) is 1. The summed E-state index contributed by atoms with van der Waals surface area (Å²) in [5.74, 6) is 0.744. The Hall–Kier alpha value is -1.13. The minimum Gasteiger partial charge on any atom is -0.477 e. The first kappa shape index (κ1) is 13.9. The SMILES string of the molecule is CNC(C)c1cccnc1OCCCN(C)C. The van der Waals surface area contributed by atoms with Gasteiger partial charge >= 0.3 is 0 Å². The molecule has 0 fully saturated rings. The molecule has 0 bridgehead atoms. The quantitative estimate of drug-likeness (QED) is 0.732. The second kappa shape index (κ2) is 7.25. The van der Waals surface area contributed by atoms with Gasteiger partial charge in [-0.25, -0.2) is 4.98 Å². The van der Waals surface area contributed by atoms with E-state index in [-0.39, 0.29) is 6.04 Å². The van der Waals surface area contributed by atoms with Gasteiger partial charge in [-0.3, -0.25) is 0 Å². The van der Waals surface area contributed by atoms with Gasteiger partial charge in [0.15, 0.2) is 0 Å². The average Bonchev–Trinajstić information content (AvgIpc) is 2.34. The lowest BCUT2D eigenvalue weighted by Gasteiger charge is -2.15. The van der Waals surface area contributed by atoms with Crippen LogP contribution in [0.1, 0.15) is 24.9 Å². The fourth-order valence-corrected chi connectivity index (χ4v) is 1.56. The molecule has 1 atom stereocenters. The number of rotatable bonds is 7. The summed E-state index contributed by atoms with van der Waals surface area (Å²) in [4.78, 5) is 6.44. The van der Waals surface area contributed by atoms with Crippen molar-refractivity contribution in [1.29, 1.82) is 0 Å². The lowest BCUT2D eigenvalue weighted by atomic mass is 10.1. The van der Waals surface area contributed by atoms with Crippen LogP contribution < -0.4 is 10.1 Å². The smallest absolute Gasteiger partial charge is 0.218 e. The maximum absolute atomic E-state index is 5.73. The van der Waals surface area contributed by atoms with Crippen LogP contribution in [0, 0.1) is 0 Å². The largest absolute Gasteiger partial charge is 0.477 e. The number of nitrogens with zero attached hydrogens (tertiary/aromatic N) is 2. The predicted octanol–water partition coefficient (Wildman–Crippen LogP) is 1.69. The molecule has 0 aliphatic carbocycles. The maximum Gasteiger partial charge on any atom is 0.218 e. The fraction of sp³-hybridized carbons (Fsp3) is 0.615. The van der Waals surface area contributed by atoms with Gasteiger partial charge in [0.1, 0.15) is 0 Å². The molecule has 1 aromatic heterocycles. The van der Waals surface area contributed by atoms with E-state index < -0.39 is 0 Å². The highest BCUT2D eigenvalue weighted by molar-refractivity contribution is 5.28. The molecule has 4 heteroatoms. The first-order valence-corrected chi connectivity index (χ1v) is 6.05. The van der Waals surface area contributed by atoms with E-state index in [1.807, 2.05) is 13.1 Å². The molecule has 0 spiro atoms. The lowest BCUT2D eigenvalue weighted by Crippen LogP contribution is -2.17. The van der Waals surface area contributed by atoms with E-state index in [1.165, 1.54) is 0 Å². The second-order valence-electron chi connectivity index (χ2n) is 4.41. The maximum atomic E-state index is 5.73. The molecule has 1 heterocycles. The van der Waals surface area contributed by atoms with Crippen molar-refractivity contribution in [3.8, 4) is 5.88 Å². The number of aromatic nitrogens is 1. The van der Waals surface area contributed by atoms with Crippen LogP contribution in [0.15, 0.2) is 18.3 Å². The molecule has 0 saturated carbocycles. The summed E-state index contributed by atoms with van der Waals surface area (Å²) in [6.07, 6.45) is 2.78. The summed E-state index contributed by atoms with van der Waals surface area (Å²) < 4.78 is 5.73. The van der Waals surface area contributed by atoms with E-state index in [9.17, 15) is 0 Å². The summed E-state index contributed by atoms with van der Waals surface area (Å²) in [5, 5.41) is 3.20. The van der Waals surface area contributed by atoms with Crippen molar-refractivity contribution in [3.05, 3.63) is 23.9 Å². The zero-order valence-electron chi connectivity index (χ0n) is 11.2. The van der Waals surface area contributed by atoms with Gasteiger partial charge in [0, 0.05) is 24.3 Å². The molecule has 0 aromatic carbocycles. The van der Waals surface area contributed by atoms with Crippen molar-refractivity contribution in [2.45, 2.75) is 19.4 Å². The Bertz CT molecular complexity index is 328. The van der Waals surface area contributed by atoms with Gasteiger partial charge in [-0.05, 0) is 40.6 Å². The summed E-state index contributed by atoms with van der Waals surface area (Å²) in [6.45, 7) is 3.84. The molecule has 1 unspecified atom stereocenters. The van der Waals surface area contributed by atoms with Crippen LogP contribution in [0.25, 0.3) is 0 Å². The monoisotopic (exact) mass is 237 g/mol. The predicted molar refractivity (Wildman–Crippen MR) is 70.4 cm³/mol. The molecule has 0 amide bonds. The van der Waals surface area contributed by atoms with Crippen molar-refractivity contribution in [2.75, 3.05) is 34.3 Å². The Kier molecular flexibility index (Phi) is 5.94. The number of hydrogen-bond acceptors (Lipinski definition) is 4. The van der Waals surface area contributed by atoms with Crippen LogP contribution in [0.2, 0.25) is 0 Å². The molecule has 1 N–H and O–H groups in total. The van der Waals surface area contributed by atoms with Crippen molar-refractivity contribution in [3.63, 3.8) is 0 Å². The van der Waals surface area contributed by atoms with Crippen LogP contribution in [0.5, 0.6) is 5.88 Å². The van der Waals surface area contributed by atoms with E-state index in [0.29, 0.717) is 6.61 Å². The Morgan fingerprint density at radius 1 is 1.47 bits per heavy atom. The summed E-state index contributed by atoms with van der Waals surface area (Å²) >= 11 is 0. The molecule has 96 valence electrons. The highest BCUT2D eigenvalue weighted by atomic mass is 16.5. The van der Waals surface area contributed by atoms with E-state index in [1.54, 1.807) is 6.20 Å². The van der Waals surface area contributed by atoms with Crippen LogP contribution >= 0.6 is 0 Å². The zero-order valence-corrected chi connectivity index (χ0v) is 11.2. The van der Waals surface area contributed by atoms with Crippen LogP contribution in [-0.2, 0) is 0 Å². The Balaban J connectivity index is 2.52. The van der Waals surface area contributed by atoms with Crippen molar-refractivity contribution < 1.29 is 4.74 Å². The van der Waals surface area contributed by atoms with Gasteiger partial charge in [-0.15, -0.1) is 0 Å². The average molecular weight is 237 g/mol. The number of ether oxygens (including phenoxy) is 1. The van der Waals surface area contributed by atoms with E-state index in [0.717, 1.165) is 24.4 Å². The lowest BCUT2D eigenvalue weighted by molar-refractivity contribution is 0.269. The number of hydrogen-bond donors (Lipinski definition) is 1. The van der Waals surface area contributed by atoms with Crippen molar-refractivity contribution in [2.24, 2.45) is 0 Å². The highest BCUT2D eigenvalue weighted by Gasteiger charge is 2.10. The second-order valence-corrected chi connectivity index (χ2v) is 4.41. The molecule has 1 aromatic rings. The third-order valence-electron chi connectivity index (χ3n) is 2.69. The minimum atomic E-state index is 0.257. The molecule has 0 aliphatic heterocycles. The highest BCUT2D eigenvalue weighted by Crippen LogP contribution is 2.21. The molecule has 0 aliphatic rings. The molecule has 0 radical (unpaired) electrons. The molecular formula is C13H23N3O. The van der Waals surface area contributed by atoms with Gasteiger partial charge in [0.05, 0.1) is 6.61 Å². The van der Waals surface area contributed by atoms with E-state index in [4.69, 9.17) is 4.74 Å². The number of pyridine rings is 1. The Labute approximate surface area is 104 Å². The minimum absolute atomic E-state index is 0.257. The first-order chi connectivity index (χ1) is 8.15. The van der Waals surface area contributed by atoms with Crippen LogP contribution in [0.4, 0.5) is 0 Å². The zero-order chi connectivity index (χ0) is 12.7. The first-order valence-electron chi connectivity index (χ1n) is 6.05. The molecule has 0 saturated heterocycles. The Morgan fingerprint density at radius 3 is 2.88 bits per heavy atom.